The van der Waals surface area contributed by atoms with Gasteiger partial charge in [-0.3, -0.25) is 4.90 Å². The van der Waals surface area contributed by atoms with Gasteiger partial charge in [0.1, 0.15) is 12.1 Å². The molecule has 0 amide bonds. The molecule has 0 radical (unpaired) electrons. The largest absolute Gasteiger partial charge is 0.437 e. The first-order valence-corrected chi connectivity index (χ1v) is 7.33. The summed E-state index contributed by atoms with van der Waals surface area (Å²) in [5.74, 6) is 0.835. The van der Waals surface area contributed by atoms with Crippen LogP contribution in [0.3, 0.4) is 0 Å². The standard InChI is InChI=1S/C10H5N3O.C6H15NO3/c11-5-7(6-12)10-13-8-3-1-2-4-9(8)14-10;8-4-1-7(2-5-9)3-6-10/h1-4,13H;8-10H,1-6H2. The number of ether oxygens (including phenoxy) is 1. The van der Waals surface area contributed by atoms with E-state index < -0.39 is 0 Å². The normalized spacial score (nSPS) is 11.3. The van der Waals surface area contributed by atoms with Crippen molar-refractivity contribution in [2.45, 2.75) is 0 Å². The first kappa shape index (κ1) is 19.4. The summed E-state index contributed by atoms with van der Waals surface area (Å²) >= 11 is 0. The van der Waals surface area contributed by atoms with Crippen molar-refractivity contribution < 1.29 is 20.1 Å². The number of aliphatic hydroxyl groups excluding tert-OH is 3. The Labute approximate surface area is 140 Å². The molecule has 1 aliphatic heterocycles. The predicted molar refractivity (Wildman–Crippen MR) is 86.6 cm³/mol. The number of aliphatic hydroxyl groups is 3. The maximum atomic E-state index is 8.62. The maximum Gasteiger partial charge on any atom is 0.226 e. The number of nitrogens with zero attached hydrogens (tertiary/aromatic N) is 3. The summed E-state index contributed by atoms with van der Waals surface area (Å²) in [5.41, 5.74) is 0.715. The highest BCUT2D eigenvalue weighted by atomic mass is 16.5. The van der Waals surface area contributed by atoms with Crippen molar-refractivity contribution in [1.29, 1.82) is 10.5 Å². The zero-order chi connectivity index (χ0) is 17.8. The molecule has 2 rings (SSSR count). The van der Waals surface area contributed by atoms with Crippen LogP contribution in [-0.2, 0) is 0 Å². The van der Waals surface area contributed by atoms with E-state index in [1.165, 1.54) is 0 Å². The van der Waals surface area contributed by atoms with Crippen LogP contribution in [0.4, 0.5) is 5.69 Å². The number of allylic oxidation sites excluding steroid dienone is 1. The summed E-state index contributed by atoms with van der Waals surface area (Å²) in [6.45, 7) is 1.75. The summed E-state index contributed by atoms with van der Waals surface area (Å²) in [5, 5.41) is 45.5. The molecule has 8 nitrogen and oxygen atoms in total. The van der Waals surface area contributed by atoms with Gasteiger partial charge in [0.2, 0.25) is 5.88 Å². The third kappa shape index (κ3) is 5.88. The van der Waals surface area contributed by atoms with Crippen molar-refractivity contribution in [3.05, 3.63) is 35.7 Å². The molecule has 0 aliphatic carbocycles. The summed E-state index contributed by atoms with van der Waals surface area (Å²) in [4.78, 5) is 1.79. The fourth-order valence-electron chi connectivity index (χ4n) is 1.92. The molecule has 0 spiro atoms. The molecule has 0 saturated heterocycles. The predicted octanol–water partition coefficient (Wildman–Crippen LogP) is 0.0150. The zero-order valence-electron chi connectivity index (χ0n) is 13.1. The second kappa shape index (κ2) is 11.0. The average molecular weight is 332 g/mol. The minimum atomic E-state index is -0.0544. The minimum absolute atomic E-state index is 0.0544. The van der Waals surface area contributed by atoms with Crippen LogP contribution >= 0.6 is 0 Å². The maximum absolute atomic E-state index is 8.62. The quantitative estimate of drug-likeness (QED) is 0.536. The number of para-hydroxylation sites is 2. The lowest BCUT2D eigenvalue weighted by Crippen LogP contribution is -2.32. The number of nitriles is 2. The van der Waals surface area contributed by atoms with Crippen molar-refractivity contribution in [1.82, 2.24) is 4.90 Å². The molecule has 1 heterocycles. The van der Waals surface area contributed by atoms with Crippen LogP contribution in [-0.4, -0.2) is 59.7 Å². The van der Waals surface area contributed by atoms with Gasteiger partial charge in [-0.2, -0.15) is 10.5 Å². The summed E-state index contributed by atoms with van der Waals surface area (Å²) in [6.07, 6.45) is 0. The fraction of sp³-hybridized carbons (Fsp3) is 0.375. The van der Waals surface area contributed by atoms with Crippen molar-refractivity contribution in [2.24, 2.45) is 0 Å². The Morgan fingerprint density at radius 1 is 1.00 bits per heavy atom. The fourth-order valence-corrected chi connectivity index (χ4v) is 1.92. The minimum Gasteiger partial charge on any atom is -0.437 e. The molecule has 8 heteroatoms. The zero-order valence-corrected chi connectivity index (χ0v) is 13.1. The van der Waals surface area contributed by atoms with Gasteiger partial charge in [-0.15, -0.1) is 0 Å². The molecule has 0 aromatic heterocycles. The molecule has 1 aromatic rings. The smallest absolute Gasteiger partial charge is 0.226 e. The van der Waals surface area contributed by atoms with Crippen molar-refractivity contribution in [2.75, 3.05) is 44.8 Å². The molecular formula is C16H20N4O4. The van der Waals surface area contributed by atoms with Crippen LogP contribution in [0, 0.1) is 22.7 Å². The van der Waals surface area contributed by atoms with E-state index >= 15 is 0 Å². The lowest BCUT2D eigenvalue weighted by molar-refractivity contribution is 0.136. The molecule has 128 valence electrons. The van der Waals surface area contributed by atoms with E-state index in [1.54, 1.807) is 23.1 Å². The Kier molecular flexibility index (Phi) is 8.90. The van der Waals surface area contributed by atoms with E-state index in [0.717, 1.165) is 5.69 Å². The topological polar surface area (TPSA) is 133 Å². The molecule has 0 fully saturated rings. The van der Waals surface area contributed by atoms with E-state index in [2.05, 4.69) is 5.32 Å². The van der Waals surface area contributed by atoms with Crippen LogP contribution in [0.5, 0.6) is 5.75 Å². The second-order valence-corrected chi connectivity index (χ2v) is 4.66. The van der Waals surface area contributed by atoms with E-state index in [0.29, 0.717) is 25.4 Å². The number of benzene rings is 1. The lowest BCUT2D eigenvalue weighted by atomic mass is 10.3. The van der Waals surface area contributed by atoms with Gasteiger partial charge >= 0.3 is 0 Å². The van der Waals surface area contributed by atoms with Gasteiger partial charge in [0, 0.05) is 19.6 Å². The van der Waals surface area contributed by atoms with E-state index in [1.807, 2.05) is 18.2 Å². The Morgan fingerprint density at radius 3 is 2.00 bits per heavy atom. The van der Waals surface area contributed by atoms with Crippen molar-refractivity contribution in [3.8, 4) is 17.9 Å². The molecule has 1 aliphatic rings. The number of anilines is 1. The van der Waals surface area contributed by atoms with Gasteiger partial charge in [-0.05, 0) is 12.1 Å². The number of rotatable bonds is 6. The number of hydrogen-bond donors (Lipinski definition) is 4. The Hall–Kier alpha value is -2.62. The molecule has 1 aromatic carbocycles. The van der Waals surface area contributed by atoms with Gasteiger partial charge in [0.25, 0.3) is 0 Å². The SMILES string of the molecule is N#CC(C#N)=C1Nc2ccccc2O1.OCCN(CCO)CCO. The van der Waals surface area contributed by atoms with Crippen molar-refractivity contribution in [3.63, 3.8) is 0 Å². The molecular weight excluding hydrogens is 312 g/mol. The molecule has 0 saturated carbocycles. The molecule has 0 unspecified atom stereocenters. The Bertz CT molecular complexity index is 576. The van der Waals surface area contributed by atoms with Crippen LogP contribution in [0.25, 0.3) is 0 Å². The number of fused-ring (bicyclic) bond motifs is 1. The van der Waals surface area contributed by atoms with E-state index in [9.17, 15) is 0 Å². The third-order valence-electron chi connectivity index (χ3n) is 3.05. The monoisotopic (exact) mass is 332 g/mol. The highest BCUT2D eigenvalue weighted by molar-refractivity contribution is 5.65. The number of nitrogens with one attached hydrogen (secondary N) is 1. The summed E-state index contributed by atoms with van der Waals surface area (Å²) in [6, 6.07) is 10.8. The lowest BCUT2D eigenvalue weighted by Gasteiger charge is -2.17. The summed E-state index contributed by atoms with van der Waals surface area (Å²) < 4.78 is 5.27. The van der Waals surface area contributed by atoms with Gasteiger partial charge in [-0.1, -0.05) is 12.1 Å². The first-order chi connectivity index (χ1) is 11.7. The van der Waals surface area contributed by atoms with Crippen LogP contribution in [0.15, 0.2) is 35.7 Å². The average Bonchev–Trinajstić information content (AvgIpc) is 3.01. The second-order valence-electron chi connectivity index (χ2n) is 4.66. The summed E-state index contributed by atoms with van der Waals surface area (Å²) in [7, 11) is 0. The Morgan fingerprint density at radius 2 is 1.54 bits per heavy atom. The highest BCUT2D eigenvalue weighted by Crippen LogP contribution is 2.33. The first-order valence-electron chi connectivity index (χ1n) is 7.33. The third-order valence-corrected chi connectivity index (χ3v) is 3.05. The van der Waals surface area contributed by atoms with Crippen LogP contribution < -0.4 is 10.1 Å². The van der Waals surface area contributed by atoms with Crippen LogP contribution in [0.1, 0.15) is 0 Å². The molecule has 0 bridgehead atoms. The Balaban J connectivity index is 0.000000257. The van der Waals surface area contributed by atoms with Crippen LogP contribution in [0.2, 0.25) is 0 Å². The number of hydrogen-bond acceptors (Lipinski definition) is 8. The molecule has 4 N–H and O–H groups in total. The van der Waals surface area contributed by atoms with Gasteiger partial charge in [0.05, 0.1) is 25.5 Å². The highest BCUT2D eigenvalue weighted by Gasteiger charge is 2.19. The van der Waals surface area contributed by atoms with E-state index in [4.69, 9.17) is 30.6 Å². The van der Waals surface area contributed by atoms with Gasteiger partial charge < -0.3 is 25.4 Å². The van der Waals surface area contributed by atoms with Gasteiger partial charge in [0.15, 0.2) is 11.3 Å². The molecule has 0 atom stereocenters. The molecule has 24 heavy (non-hydrogen) atoms. The van der Waals surface area contributed by atoms with E-state index in [-0.39, 0.29) is 31.3 Å². The van der Waals surface area contributed by atoms with Gasteiger partial charge in [-0.25, -0.2) is 0 Å². The van der Waals surface area contributed by atoms with Crippen molar-refractivity contribution >= 4 is 5.69 Å².